The number of ether oxygens (including phenoxy) is 6. The van der Waals surface area contributed by atoms with Crippen molar-refractivity contribution in [2.24, 2.45) is 21.1 Å². The van der Waals surface area contributed by atoms with Gasteiger partial charge in [-0.1, -0.05) is 133 Å². The molecule has 0 unspecified atom stereocenters. The molecule has 3 aliphatic heterocycles. The van der Waals surface area contributed by atoms with Gasteiger partial charge in [0.15, 0.2) is 0 Å². The van der Waals surface area contributed by atoms with Crippen molar-refractivity contribution in [1.82, 2.24) is 20.4 Å². The largest absolute Gasteiger partial charge is 0.490 e. The monoisotopic (exact) mass is 1240 g/mol. The SMILES string of the molecule is C.C=CCOC(=O)N[C@H](C(=O)N1C[C@H](ON=C2c3ccccc3-c3ccc(OCC=C)cc32)C[C@H]1C(=O)OC)C(C)(C)C.COC(=O)[C@@H]1C[C@@H]2CN1C(=O)[C@H](C(C)(C)C)NC(=O)OCC=CCOc1ccc3c(c1)C(=NO2)c1ccccc1-3.[HH].[HH].[Ru]. The van der Waals surface area contributed by atoms with E-state index in [1.807, 2.05) is 126 Å². The minimum absolute atomic E-state index is 0. The predicted octanol–water partition coefficient (Wildman–Crippen LogP) is 9.26. The Morgan fingerprint density at radius 1 is 0.774 bits per heavy atom. The average Bonchev–Trinajstić information content (AvgIpc) is 3.78. The standard InChI is InChI=1S/C32H37N3O7.C30H33N3O7.CH4.Ru.2H2/c1-7-15-40-20-13-14-23-22-11-9-10-12-24(22)27(25(23)17-20)34-42-21-18-26(30(37)39-6)35(19-21)29(36)28(32(3,4)5)33-31(38)41-16-8-2;1-30(2,3)26-27(34)33-17-19(16-24(33)28(35)37-4)40-32-25-22-10-6-5-9-20(22)21-12-11-18(15-23(21)25)38-13-7-8-14-39-29(36)31-26;;;;/h7-14,17,21,26,28H,1-2,15-16,18-19H2,3-6H3,(H,33,38);5-12,15,19,24,26H,13-14,16-17H2,1-4H3,(H,31,36);1H4;;2*1H/t21-,26+,28-;19-,24+,26-;;;;/m11..../s1. The van der Waals surface area contributed by atoms with Gasteiger partial charge >= 0.3 is 24.1 Å². The average molecular weight is 1240 g/mol. The van der Waals surface area contributed by atoms with Crippen molar-refractivity contribution >= 4 is 47.4 Å². The third-order valence-electron chi connectivity index (χ3n) is 14.3. The van der Waals surface area contributed by atoms with Crippen LogP contribution >= 0.6 is 0 Å². The number of cyclic esters (lactones) is 1. The molecule has 20 nitrogen and oxygen atoms in total. The fourth-order valence-corrected chi connectivity index (χ4v) is 10.3. The number of carbonyl (C=O) groups is 6. The van der Waals surface area contributed by atoms with E-state index >= 15 is 0 Å². The molecule has 0 aromatic heterocycles. The van der Waals surface area contributed by atoms with E-state index in [9.17, 15) is 28.8 Å². The summed E-state index contributed by atoms with van der Waals surface area (Å²) in [7, 11) is 2.55. The summed E-state index contributed by atoms with van der Waals surface area (Å²) in [4.78, 5) is 92.9. The van der Waals surface area contributed by atoms with E-state index in [0.717, 1.165) is 44.5 Å². The predicted molar refractivity (Wildman–Crippen MR) is 316 cm³/mol. The van der Waals surface area contributed by atoms with Gasteiger partial charge in [-0.05, 0) is 81.6 Å². The molecular weight excluding hydrogens is 1170 g/mol. The minimum atomic E-state index is -0.977. The first-order valence-electron chi connectivity index (χ1n) is 27.0. The zero-order valence-electron chi connectivity index (χ0n) is 47.8. The Morgan fingerprint density at radius 3 is 2.04 bits per heavy atom. The Hall–Kier alpha value is -8.32. The summed E-state index contributed by atoms with van der Waals surface area (Å²) in [5.74, 6) is -0.700. The molecule has 9 rings (SSSR count). The van der Waals surface area contributed by atoms with Crippen LogP contribution < -0.4 is 20.1 Å². The summed E-state index contributed by atoms with van der Waals surface area (Å²) in [6.07, 6.45) is 4.22. The molecule has 6 atom stereocenters. The second kappa shape index (κ2) is 28.3. The van der Waals surface area contributed by atoms with Crippen LogP contribution in [0.3, 0.4) is 0 Å². The molecule has 0 radical (unpaired) electrons. The molecule has 4 aromatic carbocycles. The second-order valence-corrected chi connectivity index (χ2v) is 22.1. The van der Waals surface area contributed by atoms with Gasteiger partial charge in [-0.3, -0.25) is 9.59 Å². The number of esters is 2. The second-order valence-electron chi connectivity index (χ2n) is 22.1. The molecule has 2 fully saturated rings. The normalized spacial score (nSPS) is 20.3. The van der Waals surface area contributed by atoms with Gasteiger partial charge in [0.1, 0.15) is 85.7 Å². The maximum atomic E-state index is 13.8. The van der Waals surface area contributed by atoms with Crippen LogP contribution in [0.25, 0.3) is 22.3 Å². The number of nitrogens with zero attached hydrogens (tertiary/aromatic N) is 4. The van der Waals surface area contributed by atoms with Gasteiger partial charge in [-0.25, -0.2) is 19.2 Å². The number of rotatable bonds is 11. The van der Waals surface area contributed by atoms with Gasteiger partial charge in [0, 0.05) is 57.4 Å². The van der Waals surface area contributed by atoms with Crippen molar-refractivity contribution in [2.75, 3.05) is 53.7 Å². The third-order valence-corrected chi connectivity index (χ3v) is 14.3. The van der Waals surface area contributed by atoms with Crippen LogP contribution in [0.2, 0.25) is 0 Å². The molecule has 2 aliphatic carbocycles. The summed E-state index contributed by atoms with van der Waals surface area (Å²) in [6, 6.07) is 23.7. The van der Waals surface area contributed by atoms with E-state index in [0.29, 0.717) is 29.5 Å². The van der Waals surface area contributed by atoms with Crippen LogP contribution in [0.15, 0.2) is 133 Å². The molecule has 2 saturated heterocycles. The van der Waals surface area contributed by atoms with Crippen molar-refractivity contribution in [3.63, 3.8) is 0 Å². The fraction of sp³-hybridized carbons (Fsp3) is 0.397. The molecule has 5 aliphatic rings. The number of nitrogens with one attached hydrogen (secondary N) is 2. The molecule has 4 aromatic rings. The number of hydrogen-bond donors (Lipinski definition) is 2. The van der Waals surface area contributed by atoms with Gasteiger partial charge in [0.2, 0.25) is 11.8 Å². The molecule has 3 heterocycles. The van der Waals surface area contributed by atoms with Gasteiger partial charge in [-0.2, -0.15) is 0 Å². The first-order chi connectivity index (χ1) is 39.3. The van der Waals surface area contributed by atoms with Crippen molar-refractivity contribution < 1.29 is 89.2 Å². The molecule has 2 N–H and O–H groups in total. The first-order valence-corrected chi connectivity index (χ1v) is 27.0. The Labute approximate surface area is 506 Å². The van der Waals surface area contributed by atoms with Gasteiger partial charge < -0.3 is 58.5 Å². The Kier molecular flexibility index (Phi) is 21.9. The van der Waals surface area contributed by atoms with E-state index < -0.39 is 83.1 Å². The van der Waals surface area contributed by atoms with Crippen LogP contribution in [-0.4, -0.2) is 147 Å². The van der Waals surface area contributed by atoms with E-state index in [1.54, 1.807) is 18.2 Å². The van der Waals surface area contributed by atoms with Crippen LogP contribution in [0.1, 0.15) is 86.9 Å². The van der Waals surface area contributed by atoms with Crippen LogP contribution in [0.5, 0.6) is 11.5 Å². The molecule has 4 bridgehead atoms. The topological polar surface area (TPSA) is 232 Å². The molecule has 0 saturated carbocycles. The number of likely N-dealkylation sites (tertiary alicyclic amines) is 1. The molecule has 21 heteroatoms. The number of methoxy groups -OCH3 is 2. The summed E-state index contributed by atoms with van der Waals surface area (Å²) >= 11 is 0. The van der Waals surface area contributed by atoms with Crippen LogP contribution in [-0.2, 0) is 67.3 Å². The van der Waals surface area contributed by atoms with Crippen molar-refractivity contribution in [3.8, 4) is 33.8 Å². The minimum Gasteiger partial charge on any atom is -0.490 e. The molecule has 452 valence electrons. The maximum absolute atomic E-state index is 13.8. The number of benzene rings is 4. The fourth-order valence-electron chi connectivity index (χ4n) is 10.3. The Morgan fingerprint density at radius 2 is 1.38 bits per heavy atom. The molecule has 84 heavy (non-hydrogen) atoms. The summed E-state index contributed by atoms with van der Waals surface area (Å²) in [5, 5.41) is 14.4. The molecule has 4 amide bonds. The van der Waals surface area contributed by atoms with Gasteiger partial charge in [0.25, 0.3) is 0 Å². The summed E-state index contributed by atoms with van der Waals surface area (Å²) in [6.45, 7) is 19.0. The molecule has 0 spiro atoms. The number of oxime groups is 2. The van der Waals surface area contributed by atoms with Crippen molar-refractivity contribution in [1.29, 1.82) is 0 Å². The summed E-state index contributed by atoms with van der Waals surface area (Å²) in [5.41, 5.74) is 7.51. The van der Waals surface area contributed by atoms with Crippen LogP contribution in [0.4, 0.5) is 9.59 Å². The van der Waals surface area contributed by atoms with Crippen molar-refractivity contribution in [3.05, 3.63) is 145 Å². The third kappa shape index (κ3) is 14.7. The van der Waals surface area contributed by atoms with E-state index in [-0.39, 0.29) is 75.5 Å². The number of carbonyl (C=O) groups excluding carboxylic acids is 6. The van der Waals surface area contributed by atoms with E-state index in [4.69, 9.17) is 38.1 Å². The number of hydrogen-bond acceptors (Lipinski definition) is 16. The number of alkyl carbamates (subject to hydrolysis) is 2. The number of amides is 4. The Bertz CT molecular complexity index is 3210. The zero-order chi connectivity index (χ0) is 58.9. The number of fused-ring (bicyclic) bond motifs is 9. The summed E-state index contributed by atoms with van der Waals surface area (Å²) < 4.78 is 32.0. The zero-order valence-corrected chi connectivity index (χ0v) is 49.5. The first kappa shape index (κ1) is 64.8. The Balaban J connectivity index is 0.000000352. The molecular formula is C63H78N6O14Ru. The quantitative estimate of drug-likeness (QED) is 0.0405. The van der Waals surface area contributed by atoms with Crippen LogP contribution in [0, 0.1) is 10.8 Å². The van der Waals surface area contributed by atoms with Gasteiger partial charge in [-0.15, -0.1) is 0 Å². The van der Waals surface area contributed by atoms with E-state index in [1.165, 1.54) is 30.1 Å². The maximum Gasteiger partial charge on any atom is 0.408 e. The van der Waals surface area contributed by atoms with Gasteiger partial charge in [0.05, 0.1) is 27.3 Å². The van der Waals surface area contributed by atoms with E-state index in [2.05, 4.69) is 34.1 Å². The van der Waals surface area contributed by atoms with Crippen molar-refractivity contribution in [2.45, 2.75) is 98.2 Å². The smallest absolute Gasteiger partial charge is 0.408 e.